The van der Waals surface area contributed by atoms with E-state index < -0.39 is 15.8 Å². The van der Waals surface area contributed by atoms with Crippen molar-refractivity contribution in [3.05, 3.63) is 51.2 Å². The highest BCUT2D eigenvalue weighted by molar-refractivity contribution is 9.10. The van der Waals surface area contributed by atoms with Gasteiger partial charge in [0.1, 0.15) is 5.82 Å². The molecule has 0 unspecified atom stereocenters. The summed E-state index contributed by atoms with van der Waals surface area (Å²) in [5, 5.41) is 0.219. The van der Waals surface area contributed by atoms with E-state index in [4.69, 9.17) is 17.3 Å². The van der Waals surface area contributed by atoms with Gasteiger partial charge in [-0.2, -0.15) is 0 Å². The van der Waals surface area contributed by atoms with Crippen LogP contribution in [0.25, 0.3) is 0 Å². The number of nitrogens with two attached hydrogens (primary N) is 1. The minimum atomic E-state index is -3.89. The van der Waals surface area contributed by atoms with Crippen molar-refractivity contribution in [1.29, 1.82) is 0 Å². The van der Waals surface area contributed by atoms with E-state index in [0.29, 0.717) is 10.0 Å². The topological polar surface area (TPSA) is 72.2 Å². The molecule has 2 rings (SSSR count). The molecule has 0 atom stereocenters. The van der Waals surface area contributed by atoms with Crippen LogP contribution in [0.15, 0.2) is 39.7 Å². The summed E-state index contributed by atoms with van der Waals surface area (Å²) in [4.78, 5) is -0.0243. The van der Waals surface area contributed by atoms with Crippen molar-refractivity contribution < 1.29 is 12.8 Å². The zero-order chi connectivity index (χ0) is 15.8. The Morgan fingerprint density at radius 2 is 1.95 bits per heavy atom. The SMILES string of the molecule is Cc1c(N)cc(Cl)cc1S(=O)(=O)Nc1ccc(F)cc1Br. The van der Waals surface area contributed by atoms with Crippen molar-refractivity contribution in [3.8, 4) is 0 Å². The van der Waals surface area contributed by atoms with Crippen LogP contribution < -0.4 is 10.5 Å². The van der Waals surface area contributed by atoms with Gasteiger partial charge in [0, 0.05) is 15.2 Å². The molecule has 0 aliphatic carbocycles. The average Bonchev–Trinajstić information content (AvgIpc) is 2.37. The largest absolute Gasteiger partial charge is 0.398 e. The number of sulfonamides is 1. The molecule has 0 amide bonds. The number of halogens is 3. The van der Waals surface area contributed by atoms with Gasteiger partial charge < -0.3 is 5.73 Å². The zero-order valence-corrected chi connectivity index (χ0v) is 14.0. The predicted octanol–water partition coefficient (Wildman–Crippen LogP) is 3.93. The van der Waals surface area contributed by atoms with Gasteiger partial charge in [-0.25, -0.2) is 12.8 Å². The van der Waals surface area contributed by atoms with Gasteiger partial charge in [0.05, 0.1) is 10.6 Å². The minimum absolute atomic E-state index is 0.0243. The Morgan fingerprint density at radius 1 is 1.29 bits per heavy atom. The van der Waals surface area contributed by atoms with Crippen molar-refractivity contribution >= 4 is 48.9 Å². The van der Waals surface area contributed by atoms with Crippen LogP contribution in [-0.2, 0) is 10.0 Å². The second-order valence-corrected chi connectivity index (χ2v) is 7.29. The first kappa shape index (κ1) is 16.1. The molecule has 0 aliphatic heterocycles. The van der Waals surface area contributed by atoms with Gasteiger partial charge >= 0.3 is 0 Å². The molecule has 2 aromatic rings. The summed E-state index contributed by atoms with van der Waals surface area (Å²) in [6.45, 7) is 1.58. The van der Waals surface area contributed by atoms with Gasteiger partial charge in [-0.05, 0) is 58.7 Å². The maximum absolute atomic E-state index is 13.0. The number of hydrogen-bond donors (Lipinski definition) is 2. The number of anilines is 2. The molecule has 21 heavy (non-hydrogen) atoms. The van der Waals surface area contributed by atoms with Crippen LogP contribution in [0.3, 0.4) is 0 Å². The third kappa shape index (κ3) is 3.48. The molecule has 8 heteroatoms. The fraction of sp³-hybridized carbons (Fsp3) is 0.0769. The van der Waals surface area contributed by atoms with E-state index in [1.807, 2.05) is 0 Å². The molecule has 112 valence electrons. The van der Waals surface area contributed by atoms with Gasteiger partial charge in [0.2, 0.25) is 0 Å². The fourth-order valence-electron chi connectivity index (χ4n) is 1.73. The lowest BCUT2D eigenvalue weighted by Crippen LogP contribution is -2.15. The first-order valence-electron chi connectivity index (χ1n) is 5.74. The monoisotopic (exact) mass is 392 g/mol. The molecule has 3 N–H and O–H groups in total. The van der Waals surface area contributed by atoms with E-state index in [2.05, 4.69) is 20.7 Å². The number of nitrogens with one attached hydrogen (secondary N) is 1. The Kier molecular flexibility index (Phi) is 4.46. The molecule has 0 aliphatic rings. The third-order valence-corrected chi connectivity index (χ3v) is 5.20. The Hall–Kier alpha value is -1.31. The number of benzene rings is 2. The van der Waals surface area contributed by atoms with Gasteiger partial charge in [0.25, 0.3) is 10.0 Å². The molecule has 0 aromatic heterocycles. The van der Waals surface area contributed by atoms with Crippen LogP contribution in [0.5, 0.6) is 0 Å². The predicted molar refractivity (Wildman–Crippen MR) is 85.5 cm³/mol. The van der Waals surface area contributed by atoms with E-state index in [1.165, 1.54) is 18.2 Å². The van der Waals surface area contributed by atoms with E-state index in [1.54, 1.807) is 6.92 Å². The van der Waals surface area contributed by atoms with Crippen molar-refractivity contribution in [3.63, 3.8) is 0 Å². The van der Waals surface area contributed by atoms with Gasteiger partial charge in [-0.3, -0.25) is 4.72 Å². The van der Waals surface area contributed by atoms with Crippen molar-refractivity contribution in [2.45, 2.75) is 11.8 Å². The van der Waals surface area contributed by atoms with Gasteiger partial charge in [0.15, 0.2) is 0 Å². The maximum Gasteiger partial charge on any atom is 0.262 e. The summed E-state index contributed by atoms with van der Waals surface area (Å²) in [5.41, 5.74) is 6.62. The minimum Gasteiger partial charge on any atom is -0.398 e. The second-order valence-electron chi connectivity index (χ2n) is 4.35. The first-order valence-corrected chi connectivity index (χ1v) is 8.39. The van der Waals surface area contributed by atoms with Crippen molar-refractivity contribution in [1.82, 2.24) is 0 Å². The lowest BCUT2D eigenvalue weighted by Gasteiger charge is -2.13. The number of rotatable bonds is 3. The standard InChI is InChI=1S/C13H11BrClFN2O2S/c1-7-11(17)4-8(15)5-13(7)21(19,20)18-12-3-2-9(16)6-10(12)14/h2-6,18H,17H2,1H3. The summed E-state index contributed by atoms with van der Waals surface area (Å²) >= 11 is 8.95. The van der Waals surface area contributed by atoms with Gasteiger partial charge in [-0.1, -0.05) is 11.6 Å². The Labute approximate surface area is 135 Å². The summed E-state index contributed by atoms with van der Waals surface area (Å²) in [5.74, 6) is -0.479. The summed E-state index contributed by atoms with van der Waals surface area (Å²) in [6, 6.07) is 6.43. The molecule has 0 saturated heterocycles. The normalized spacial score (nSPS) is 11.4. The molecular formula is C13H11BrClFN2O2S. The van der Waals surface area contributed by atoms with Crippen LogP contribution in [0, 0.1) is 12.7 Å². The van der Waals surface area contributed by atoms with E-state index in [-0.39, 0.29) is 21.3 Å². The van der Waals surface area contributed by atoms with Crippen LogP contribution in [0.4, 0.5) is 15.8 Å². The first-order chi connectivity index (χ1) is 9.70. The smallest absolute Gasteiger partial charge is 0.262 e. The highest BCUT2D eigenvalue weighted by Gasteiger charge is 2.20. The van der Waals surface area contributed by atoms with Crippen molar-refractivity contribution in [2.75, 3.05) is 10.5 Å². The second kappa shape index (κ2) is 5.82. The van der Waals surface area contributed by atoms with Crippen LogP contribution in [-0.4, -0.2) is 8.42 Å². The van der Waals surface area contributed by atoms with Gasteiger partial charge in [-0.15, -0.1) is 0 Å². The summed E-state index contributed by atoms with van der Waals surface area (Å²) < 4.78 is 40.5. The van der Waals surface area contributed by atoms with Crippen LogP contribution in [0.1, 0.15) is 5.56 Å². The molecule has 0 saturated carbocycles. The Morgan fingerprint density at radius 3 is 2.57 bits per heavy atom. The highest BCUT2D eigenvalue weighted by atomic mass is 79.9. The molecule has 0 spiro atoms. The molecule has 0 bridgehead atoms. The maximum atomic E-state index is 13.0. The molecule has 0 heterocycles. The summed E-state index contributed by atoms with van der Waals surface area (Å²) in [6.07, 6.45) is 0. The van der Waals surface area contributed by atoms with E-state index in [0.717, 1.165) is 12.1 Å². The molecule has 0 fully saturated rings. The lowest BCUT2D eigenvalue weighted by molar-refractivity contribution is 0.600. The Balaban J connectivity index is 2.48. The average molecular weight is 394 g/mol. The molecule has 4 nitrogen and oxygen atoms in total. The number of nitrogen functional groups attached to an aromatic ring is 1. The third-order valence-electron chi connectivity index (χ3n) is 2.83. The van der Waals surface area contributed by atoms with Crippen LogP contribution in [0.2, 0.25) is 5.02 Å². The van der Waals surface area contributed by atoms with E-state index >= 15 is 0 Å². The lowest BCUT2D eigenvalue weighted by atomic mass is 10.2. The van der Waals surface area contributed by atoms with Crippen LogP contribution >= 0.6 is 27.5 Å². The fourth-order valence-corrected chi connectivity index (χ4v) is 3.98. The zero-order valence-electron chi connectivity index (χ0n) is 10.8. The van der Waals surface area contributed by atoms with Crippen molar-refractivity contribution in [2.24, 2.45) is 0 Å². The molecule has 2 aromatic carbocycles. The van der Waals surface area contributed by atoms with E-state index in [9.17, 15) is 12.8 Å². The quantitative estimate of drug-likeness (QED) is 0.776. The number of hydrogen-bond acceptors (Lipinski definition) is 3. The molecule has 0 radical (unpaired) electrons. The molecular weight excluding hydrogens is 383 g/mol. The highest BCUT2D eigenvalue weighted by Crippen LogP contribution is 2.30. The Bertz CT molecular complexity index is 812. The summed E-state index contributed by atoms with van der Waals surface area (Å²) in [7, 11) is -3.89.